The van der Waals surface area contributed by atoms with Crippen LogP contribution in [0.5, 0.6) is 0 Å². The first-order chi connectivity index (χ1) is 24.5. The van der Waals surface area contributed by atoms with Crippen LogP contribution >= 0.6 is 15.8 Å². The van der Waals surface area contributed by atoms with E-state index in [0.717, 1.165) is 22.4 Å². The molecule has 9 heteroatoms. The molecule has 0 amide bonds. The Hall–Kier alpha value is -1.11. The van der Waals surface area contributed by atoms with Gasteiger partial charge in [-0.25, -0.2) is 24.3 Å². The van der Waals surface area contributed by atoms with Crippen LogP contribution in [0.3, 0.4) is 0 Å². The quantitative estimate of drug-likeness (QED) is 0.0906. The zero-order valence-electron chi connectivity index (χ0n) is 33.9. The Kier molecular flexibility index (Phi) is 23.2. The number of nitrogens with one attached hydrogen (secondary N) is 1. The van der Waals surface area contributed by atoms with Gasteiger partial charge in [-0.05, 0) is 64.1 Å². The third kappa shape index (κ3) is 17.6. The maximum atomic E-state index is 9.19. The van der Waals surface area contributed by atoms with Gasteiger partial charge in [-0.3, -0.25) is 4.55 Å². The molecular formula is C45H66FeNO3P2PdS-. The monoisotopic (exact) mass is 924 g/mol. The van der Waals surface area contributed by atoms with Crippen molar-refractivity contribution in [2.45, 2.75) is 140 Å². The second kappa shape index (κ2) is 24.6. The molecule has 0 aliphatic heterocycles. The number of rotatable bonds is 6. The fraction of sp³-hybridized carbons (Fsp3) is 0.511. The van der Waals surface area contributed by atoms with Gasteiger partial charge in [0.05, 0.1) is 6.26 Å². The molecule has 6 rings (SSSR count). The second-order valence-electron chi connectivity index (χ2n) is 16.4. The zero-order valence-corrected chi connectivity index (χ0v) is 39.1. The minimum atomic E-state index is -3.67. The molecule has 0 saturated heterocycles. The maximum absolute atomic E-state index is 9.19. The van der Waals surface area contributed by atoms with E-state index in [-0.39, 0.29) is 53.3 Å². The molecule has 0 radical (unpaired) electrons. The molecule has 0 heterocycles. The van der Waals surface area contributed by atoms with Gasteiger partial charge in [0.1, 0.15) is 0 Å². The van der Waals surface area contributed by atoms with Gasteiger partial charge in [-0.15, -0.1) is 18.9 Å². The summed E-state index contributed by atoms with van der Waals surface area (Å²) >= 11 is 0. The standard InChI is InChI=1S/C27H47P2.C12H10N.C5H5.CH4O3S.Fe.Pd/c1-21(29(26(2,3)4)27(5,6)7)24-19-14-20-25(24)28(22-15-10-8-11-16-22)23-17-12-9-13-18-23;13-12-9-5-4-8-11(12)10-6-2-1-3-7-10;1-2-4-5-3-1;1-5(2,3)4;;/h14,19-23H,8-13,15-18H2,1-7H3;1-9,13H;1-5H;1H3,(H,2,3,4);;/q3*-1;;+2;/t21-;;;;;/m1...../s1. The Morgan fingerprint density at radius 3 is 1.59 bits per heavy atom. The van der Waals surface area contributed by atoms with Crippen molar-refractivity contribution in [1.29, 1.82) is 0 Å². The summed E-state index contributed by atoms with van der Waals surface area (Å²) in [6.45, 7) is 17.5. The van der Waals surface area contributed by atoms with Crippen molar-refractivity contribution in [1.82, 2.24) is 0 Å². The van der Waals surface area contributed by atoms with Crippen LogP contribution in [0, 0.1) is 0 Å². The fourth-order valence-electron chi connectivity index (χ4n) is 8.40. The summed E-state index contributed by atoms with van der Waals surface area (Å²) in [6.07, 6.45) is 15.6. The topological polar surface area (TPSA) is 78.2 Å². The Morgan fingerprint density at radius 1 is 0.741 bits per heavy atom. The van der Waals surface area contributed by atoms with Gasteiger partial charge >= 0.3 is 17.1 Å². The summed E-state index contributed by atoms with van der Waals surface area (Å²) in [6, 6.07) is 35.2. The Balaban J connectivity index is 0.000000477. The Bertz CT molecular complexity index is 1600. The van der Waals surface area contributed by atoms with Crippen LogP contribution in [0.15, 0.2) is 103 Å². The molecule has 1 atom stereocenters. The number of hydrogen-bond donors (Lipinski definition) is 1. The Labute approximate surface area is 356 Å². The first-order valence-corrected chi connectivity index (χ1v) is 24.0. The summed E-state index contributed by atoms with van der Waals surface area (Å²) in [5.41, 5.74) is 14.8. The van der Waals surface area contributed by atoms with Crippen molar-refractivity contribution in [3.8, 4) is 11.1 Å². The van der Waals surface area contributed by atoms with Crippen LogP contribution in [0.4, 0.5) is 5.69 Å². The van der Waals surface area contributed by atoms with Crippen molar-refractivity contribution in [3.05, 3.63) is 114 Å². The molecule has 0 unspecified atom stereocenters. The molecule has 4 aromatic rings. The van der Waals surface area contributed by atoms with Crippen LogP contribution in [-0.2, 0) is 47.6 Å². The number of hydrogen-bond acceptors (Lipinski definition) is 2. The molecule has 0 aromatic heterocycles. The van der Waals surface area contributed by atoms with E-state index in [9.17, 15) is 8.42 Å². The van der Waals surface area contributed by atoms with Crippen LogP contribution in [-0.4, -0.2) is 40.9 Å². The molecule has 54 heavy (non-hydrogen) atoms. The van der Waals surface area contributed by atoms with E-state index < -0.39 is 10.1 Å². The molecule has 2 aliphatic rings. The molecule has 4 aromatic carbocycles. The Morgan fingerprint density at radius 2 is 1.19 bits per heavy atom. The van der Waals surface area contributed by atoms with Gasteiger partial charge in [-0.1, -0.05) is 150 Å². The van der Waals surface area contributed by atoms with E-state index in [1.165, 1.54) is 64.2 Å². The van der Waals surface area contributed by atoms with Gasteiger partial charge in [0.2, 0.25) is 0 Å². The average molecular weight is 925 g/mol. The van der Waals surface area contributed by atoms with Crippen molar-refractivity contribution in [3.63, 3.8) is 0 Å². The van der Waals surface area contributed by atoms with Gasteiger partial charge in [-0.2, -0.15) is 38.2 Å². The van der Waals surface area contributed by atoms with E-state index in [1.807, 2.05) is 90.2 Å². The van der Waals surface area contributed by atoms with Crippen molar-refractivity contribution in [2.24, 2.45) is 0 Å². The molecule has 0 spiro atoms. The fourth-order valence-corrected chi connectivity index (χ4v) is 17.4. The maximum Gasteiger partial charge on any atom is 2.00 e. The molecular weight excluding hydrogens is 859 g/mol. The summed E-state index contributed by atoms with van der Waals surface area (Å²) in [7, 11) is -3.78. The molecule has 2 saturated carbocycles. The molecule has 2 aliphatic carbocycles. The summed E-state index contributed by atoms with van der Waals surface area (Å²) < 4.78 is 25.9. The van der Waals surface area contributed by atoms with Gasteiger partial charge < -0.3 is 5.73 Å². The van der Waals surface area contributed by atoms with E-state index in [2.05, 4.69) is 66.7 Å². The van der Waals surface area contributed by atoms with Crippen molar-refractivity contribution >= 4 is 37.0 Å². The molecule has 4 nitrogen and oxygen atoms in total. The van der Waals surface area contributed by atoms with E-state index >= 15 is 0 Å². The van der Waals surface area contributed by atoms with Gasteiger partial charge in [0.25, 0.3) is 10.1 Å². The first-order valence-electron chi connectivity index (χ1n) is 19.3. The minimum Gasteiger partial charge on any atom is -0.698 e. The van der Waals surface area contributed by atoms with Crippen LogP contribution in [0.25, 0.3) is 16.9 Å². The SMILES string of the molecule is CS(=O)(=O)O.C[C@H](c1ccc[c-]1P(C1CCCCC1)C1CCCCC1)P(C(C)(C)C)C(C)(C)C.[Fe+2].[NH-]c1ccccc1-c1ccccc1.[Pd].c1cc[cH-]c1. The van der Waals surface area contributed by atoms with Crippen molar-refractivity contribution < 1.29 is 50.5 Å². The van der Waals surface area contributed by atoms with Crippen LogP contribution < -0.4 is 5.30 Å². The van der Waals surface area contributed by atoms with Gasteiger partial charge in [0.15, 0.2) is 0 Å². The van der Waals surface area contributed by atoms with Crippen LogP contribution in [0.1, 0.15) is 124 Å². The first kappa shape index (κ1) is 50.9. The predicted octanol–water partition coefficient (Wildman–Crippen LogP) is 14.3. The zero-order chi connectivity index (χ0) is 38.4. The molecule has 2 fully saturated rings. The smallest absolute Gasteiger partial charge is 0.698 e. The third-order valence-electron chi connectivity index (χ3n) is 9.89. The summed E-state index contributed by atoms with van der Waals surface area (Å²) in [5, 5.41) is 2.62. The van der Waals surface area contributed by atoms with E-state index in [1.54, 1.807) is 5.56 Å². The van der Waals surface area contributed by atoms with Crippen LogP contribution in [0.2, 0.25) is 0 Å². The minimum absolute atomic E-state index is 0. The predicted molar refractivity (Wildman–Crippen MR) is 233 cm³/mol. The van der Waals surface area contributed by atoms with Crippen molar-refractivity contribution in [2.75, 3.05) is 6.26 Å². The molecule has 0 bridgehead atoms. The third-order valence-corrected chi connectivity index (χ3v) is 17.4. The molecule has 2 N–H and O–H groups in total. The number of benzene rings is 2. The normalized spacial score (nSPS) is 15.9. The average Bonchev–Trinajstić information content (AvgIpc) is 3.82. The van der Waals surface area contributed by atoms with E-state index in [4.69, 9.17) is 10.3 Å². The largest absolute Gasteiger partial charge is 2.00 e. The summed E-state index contributed by atoms with van der Waals surface area (Å²) in [5.74, 6) is 0. The summed E-state index contributed by atoms with van der Waals surface area (Å²) in [4.78, 5) is 0. The van der Waals surface area contributed by atoms with E-state index in [0.29, 0.717) is 27.9 Å². The molecule has 304 valence electrons. The second-order valence-corrected chi connectivity index (χ2v) is 24.8. The van der Waals surface area contributed by atoms with Gasteiger partial charge in [0, 0.05) is 20.4 Å².